The van der Waals surface area contributed by atoms with Crippen LogP contribution in [0.5, 0.6) is 0 Å². The van der Waals surface area contributed by atoms with E-state index >= 15 is 0 Å². The van der Waals surface area contributed by atoms with Gasteiger partial charge >= 0.3 is 0 Å². The van der Waals surface area contributed by atoms with E-state index in [0.29, 0.717) is 5.69 Å². The number of benzene rings is 1. The van der Waals surface area contributed by atoms with Crippen molar-refractivity contribution in [1.29, 1.82) is 0 Å². The van der Waals surface area contributed by atoms with E-state index in [2.05, 4.69) is 16.4 Å². The van der Waals surface area contributed by atoms with E-state index in [1.54, 1.807) is 17.4 Å². The highest BCUT2D eigenvalue weighted by Gasteiger charge is 2.10. The molecule has 0 saturated carbocycles. The van der Waals surface area contributed by atoms with Gasteiger partial charge in [-0.05, 0) is 54.6 Å². The molecule has 0 amide bonds. The normalized spacial score (nSPS) is 12.6. The third-order valence-electron chi connectivity index (χ3n) is 3.32. The molecule has 1 N–H and O–H groups in total. The third kappa shape index (κ3) is 2.51. The summed E-state index contributed by atoms with van der Waals surface area (Å²) in [4.78, 5) is 4.42. The summed E-state index contributed by atoms with van der Waals surface area (Å²) in [5.74, 6) is -0.229. The van der Waals surface area contributed by atoms with Crippen molar-refractivity contribution in [2.75, 3.05) is 5.32 Å². The number of halogens is 1. The van der Waals surface area contributed by atoms with Crippen LogP contribution in [0.3, 0.4) is 0 Å². The summed E-state index contributed by atoms with van der Waals surface area (Å²) in [5, 5.41) is 5.24. The van der Waals surface area contributed by atoms with Gasteiger partial charge in [0.1, 0.15) is 5.82 Å². The minimum atomic E-state index is -0.229. The molecule has 0 aliphatic heterocycles. The topological polar surface area (TPSA) is 24.9 Å². The molecule has 0 aliphatic rings. The molecule has 1 atom stereocenters. The molecule has 4 heteroatoms. The summed E-state index contributed by atoms with van der Waals surface area (Å²) in [7, 11) is 0. The molecule has 102 valence electrons. The second-order valence-corrected chi connectivity index (χ2v) is 5.87. The molecule has 3 rings (SSSR count). The molecule has 0 radical (unpaired) electrons. The smallest absolute Gasteiger partial charge is 0.146 e. The largest absolute Gasteiger partial charge is 0.376 e. The highest BCUT2D eigenvalue weighted by atomic mass is 32.1. The number of nitrogens with zero attached hydrogens (tertiary/aromatic N) is 1. The van der Waals surface area contributed by atoms with Crippen LogP contribution in [0.1, 0.15) is 24.1 Å². The van der Waals surface area contributed by atoms with Gasteiger partial charge in [0.15, 0.2) is 0 Å². The number of nitrogens with one attached hydrogen (secondary N) is 1. The van der Waals surface area contributed by atoms with E-state index in [4.69, 9.17) is 0 Å². The Morgan fingerprint density at radius 3 is 2.95 bits per heavy atom. The van der Waals surface area contributed by atoms with Gasteiger partial charge in [0.2, 0.25) is 0 Å². The van der Waals surface area contributed by atoms with Crippen LogP contribution >= 0.6 is 11.3 Å². The summed E-state index contributed by atoms with van der Waals surface area (Å²) in [6.07, 6.45) is 1.85. The van der Waals surface area contributed by atoms with Crippen molar-refractivity contribution in [2.24, 2.45) is 0 Å². The minimum absolute atomic E-state index is 0.00491. The molecule has 0 aliphatic carbocycles. The van der Waals surface area contributed by atoms with Crippen LogP contribution < -0.4 is 5.32 Å². The fourth-order valence-corrected chi connectivity index (χ4v) is 2.95. The Bertz CT molecular complexity index is 751. The molecule has 20 heavy (non-hydrogen) atoms. The van der Waals surface area contributed by atoms with Crippen LogP contribution in [-0.2, 0) is 0 Å². The van der Waals surface area contributed by atoms with E-state index in [9.17, 15) is 4.39 Å². The first-order valence-electron chi connectivity index (χ1n) is 6.49. The number of hydrogen-bond acceptors (Lipinski definition) is 3. The summed E-state index contributed by atoms with van der Waals surface area (Å²) < 4.78 is 14.9. The number of thiophene rings is 1. The van der Waals surface area contributed by atoms with Gasteiger partial charge in [-0.2, -0.15) is 0 Å². The van der Waals surface area contributed by atoms with Gasteiger partial charge in [0, 0.05) is 6.20 Å². The van der Waals surface area contributed by atoms with Crippen LogP contribution in [0.25, 0.3) is 10.2 Å². The van der Waals surface area contributed by atoms with Crippen LogP contribution in [0.4, 0.5) is 10.1 Å². The number of rotatable bonds is 3. The zero-order valence-corrected chi connectivity index (χ0v) is 12.2. The number of anilines is 1. The van der Waals surface area contributed by atoms with Crippen LogP contribution in [0, 0.1) is 12.7 Å². The maximum Gasteiger partial charge on any atom is 0.146 e. The lowest BCUT2D eigenvalue weighted by Crippen LogP contribution is -2.08. The number of hydrogen-bond donors (Lipinski definition) is 1. The van der Waals surface area contributed by atoms with Crippen LogP contribution in [-0.4, -0.2) is 4.98 Å². The molecule has 0 fully saturated rings. The van der Waals surface area contributed by atoms with Crippen molar-refractivity contribution in [1.82, 2.24) is 4.98 Å². The Labute approximate surface area is 121 Å². The van der Waals surface area contributed by atoms with Gasteiger partial charge in [-0.1, -0.05) is 6.07 Å². The molecule has 2 nitrogen and oxygen atoms in total. The van der Waals surface area contributed by atoms with Gasteiger partial charge < -0.3 is 5.32 Å². The molecule has 1 unspecified atom stereocenters. The Hall–Kier alpha value is -1.94. The van der Waals surface area contributed by atoms with Crippen LogP contribution in [0.2, 0.25) is 0 Å². The lowest BCUT2D eigenvalue weighted by atomic mass is 10.1. The molecule has 0 saturated heterocycles. The third-order valence-corrected chi connectivity index (χ3v) is 4.17. The quantitative estimate of drug-likeness (QED) is 0.739. The number of fused-ring (bicyclic) bond motifs is 1. The molecular weight excluding hydrogens is 271 g/mol. The van der Waals surface area contributed by atoms with Crippen molar-refractivity contribution in [3.05, 3.63) is 58.9 Å². The van der Waals surface area contributed by atoms with Gasteiger partial charge in [-0.3, -0.25) is 4.98 Å². The number of aryl methyl sites for hydroxylation is 1. The molecule has 2 aromatic heterocycles. The van der Waals surface area contributed by atoms with Crippen molar-refractivity contribution < 1.29 is 4.39 Å². The molecule has 1 aromatic carbocycles. The molecule has 0 bridgehead atoms. The highest BCUT2D eigenvalue weighted by molar-refractivity contribution is 7.17. The predicted molar refractivity (Wildman–Crippen MR) is 82.8 cm³/mol. The average molecular weight is 286 g/mol. The second kappa shape index (κ2) is 5.21. The van der Waals surface area contributed by atoms with E-state index < -0.39 is 0 Å². The zero-order chi connectivity index (χ0) is 14.1. The molecule has 2 heterocycles. The maximum atomic E-state index is 13.8. The SMILES string of the molecule is Cc1ccc(F)c(NC(C)c2cnc3ccsc3c2)c1. The highest BCUT2D eigenvalue weighted by Crippen LogP contribution is 2.26. The first-order valence-corrected chi connectivity index (χ1v) is 7.37. The zero-order valence-electron chi connectivity index (χ0n) is 11.4. The van der Waals surface area contributed by atoms with Crippen LogP contribution in [0.15, 0.2) is 41.9 Å². The second-order valence-electron chi connectivity index (χ2n) is 4.92. The molecular formula is C16H15FN2S. The van der Waals surface area contributed by atoms with Gasteiger partial charge in [0.25, 0.3) is 0 Å². The standard InChI is InChI=1S/C16H15FN2S/c1-10-3-4-13(17)15(7-10)19-11(2)12-8-16-14(18-9-12)5-6-20-16/h3-9,11,19H,1-2H3. The van der Waals surface area contributed by atoms with E-state index in [0.717, 1.165) is 21.3 Å². The first-order chi connectivity index (χ1) is 9.63. The van der Waals surface area contributed by atoms with E-state index in [1.165, 1.54) is 6.07 Å². The Morgan fingerprint density at radius 2 is 2.10 bits per heavy atom. The van der Waals surface area contributed by atoms with Crippen molar-refractivity contribution >= 4 is 27.2 Å². The van der Waals surface area contributed by atoms with Crippen molar-refractivity contribution in [3.8, 4) is 0 Å². The van der Waals surface area contributed by atoms with Gasteiger partial charge in [-0.15, -0.1) is 11.3 Å². The van der Waals surface area contributed by atoms with E-state index in [1.807, 2.05) is 37.6 Å². The lowest BCUT2D eigenvalue weighted by molar-refractivity contribution is 0.627. The fraction of sp³-hybridized carbons (Fsp3) is 0.188. The molecule has 0 spiro atoms. The Kier molecular flexibility index (Phi) is 3.40. The summed E-state index contributed by atoms with van der Waals surface area (Å²) in [6.45, 7) is 3.97. The minimum Gasteiger partial charge on any atom is -0.376 e. The molecule has 3 aromatic rings. The van der Waals surface area contributed by atoms with Gasteiger partial charge in [-0.25, -0.2) is 4.39 Å². The van der Waals surface area contributed by atoms with Gasteiger partial charge in [0.05, 0.1) is 21.9 Å². The Morgan fingerprint density at radius 1 is 1.25 bits per heavy atom. The first kappa shape index (κ1) is 13.1. The van der Waals surface area contributed by atoms with Crippen molar-refractivity contribution in [2.45, 2.75) is 19.9 Å². The summed E-state index contributed by atoms with van der Waals surface area (Å²) in [5.41, 5.74) is 3.63. The summed E-state index contributed by atoms with van der Waals surface area (Å²) >= 11 is 1.67. The fourth-order valence-electron chi connectivity index (χ4n) is 2.16. The van der Waals surface area contributed by atoms with E-state index in [-0.39, 0.29) is 11.9 Å². The maximum absolute atomic E-state index is 13.8. The Balaban J connectivity index is 1.88. The lowest BCUT2D eigenvalue weighted by Gasteiger charge is -2.16. The average Bonchev–Trinajstić information content (AvgIpc) is 2.90. The summed E-state index contributed by atoms with van der Waals surface area (Å²) in [6, 6.07) is 9.20. The number of aromatic nitrogens is 1. The monoisotopic (exact) mass is 286 g/mol. The predicted octanol–water partition coefficient (Wildman–Crippen LogP) is 4.92. The number of pyridine rings is 1. The van der Waals surface area contributed by atoms with Crippen molar-refractivity contribution in [3.63, 3.8) is 0 Å².